The molecular weight excluding hydrogens is 277 g/mol. The Kier molecular flexibility index (Phi) is 3.49. The molecule has 0 spiro atoms. The van der Waals surface area contributed by atoms with Crippen molar-refractivity contribution in [1.29, 1.82) is 0 Å². The number of benzene rings is 1. The van der Waals surface area contributed by atoms with Crippen LogP contribution in [0.1, 0.15) is 42.3 Å². The first-order chi connectivity index (χ1) is 10.7. The number of hydrogen-bond acceptors (Lipinski definition) is 2. The summed E-state index contributed by atoms with van der Waals surface area (Å²) in [6, 6.07) is 8.15. The lowest BCUT2D eigenvalue weighted by Crippen LogP contribution is -2.48. The smallest absolute Gasteiger partial charge is 0.123 e. The molecule has 116 valence electrons. The molecule has 3 nitrogen and oxygen atoms in total. The molecule has 22 heavy (non-hydrogen) atoms. The number of nitrogens with zero attached hydrogens (tertiary/aromatic N) is 2. The normalized spacial score (nSPS) is 27.3. The molecule has 0 amide bonds. The predicted molar refractivity (Wildman–Crippen MR) is 84.4 cm³/mol. The second kappa shape index (κ2) is 5.51. The van der Waals surface area contributed by atoms with Gasteiger partial charge in [0.15, 0.2) is 0 Å². The van der Waals surface area contributed by atoms with E-state index in [1.807, 2.05) is 12.1 Å². The third-order valence-electron chi connectivity index (χ3n) is 5.06. The average Bonchev–Trinajstić information content (AvgIpc) is 2.83. The van der Waals surface area contributed by atoms with Gasteiger partial charge in [-0.25, -0.2) is 9.37 Å². The van der Waals surface area contributed by atoms with Gasteiger partial charge < -0.3 is 9.88 Å². The average molecular weight is 299 g/mol. The number of aromatic nitrogens is 2. The van der Waals surface area contributed by atoms with Crippen LogP contribution in [0.5, 0.6) is 0 Å². The lowest BCUT2D eigenvalue weighted by Gasteiger charge is -2.39. The maximum absolute atomic E-state index is 13.0. The Morgan fingerprint density at radius 2 is 1.95 bits per heavy atom. The second-order valence-corrected chi connectivity index (χ2v) is 6.77. The van der Waals surface area contributed by atoms with E-state index in [0.29, 0.717) is 18.0 Å². The van der Waals surface area contributed by atoms with Crippen molar-refractivity contribution in [2.75, 3.05) is 0 Å². The van der Waals surface area contributed by atoms with Crippen LogP contribution in [-0.2, 0) is 13.0 Å². The molecule has 2 heterocycles. The van der Waals surface area contributed by atoms with Crippen molar-refractivity contribution in [3.8, 4) is 0 Å². The molecule has 1 aliphatic carbocycles. The second-order valence-electron chi connectivity index (χ2n) is 6.77. The molecule has 1 aliphatic heterocycles. The molecule has 4 rings (SSSR count). The number of hydrogen-bond donors (Lipinski definition) is 1. The highest BCUT2D eigenvalue weighted by molar-refractivity contribution is 5.23. The molecule has 2 aliphatic rings. The molecule has 0 bridgehead atoms. The number of aryl methyl sites for hydroxylation is 2. The molecule has 1 N–H and O–H groups in total. The minimum absolute atomic E-state index is 0.147. The van der Waals surface area contributed by atoms with E-state index >= 15 is 0 Å². The standard InChI is InChI=1S/C18H22FN3/c1-12-10-22-11-16(6-7-18(22)20-12)21-17-8-14(9-17)13-2-4-15(19)5-3-13/h2-5,10,14,16-17,21H,6-9,11H2,1H3. The van der Waals surface area contributed by atoms with E-state index < -0.39 is 0 Å². The third kappa shape index (κ3) is 2.68. The Morgan fingerprint density at radius 1 is 1.18 bits per heavy atom. The van der Waals surface area contributed by atoms with Gasteiger partial charge in [-0.1, -0.05) is 12.1 Å². The van der Waals surface area contributed by atoms with Gasteiger partial charge in [-0.2, -0.15) is 0 Å². The van der Waals surface area contributed by atoms with Gasteiger partial charge >= 0.3 is 0 Å². The Balaban J connectivity index is 1.30. The Labute approximate surface area is 130 Å². The van der Waals surface area contributed by atoms with E-state index in [1.54, 1.807) is 12.1 Å². The highest BCUT2D eigenvalue weighted by Gasteiger charge is 2.32. The van der Waals surface area contributed by atoms with Crippen molar-refractivity contribution in [1.82, 2.24) is 14.9 Å². The number of nitrogens with one attached hydrogen (secondary N) is 1. The van der Waals surface area contributed by atoms with Crippen LogP contribution in [0.3, 0.4) is 0 Å². The van der Waals surface area contributed by atoms with Crippen LogP contribution in [0.25, 0.3) is 0 Å². The Bertz CT molecular complexity index is 655. The quantitative estimate of drug-likeness (QED) is 0.943. The minimum atomic E-state index is -0.147. The number of fused-ring (bicyclic) bond motifs is 1. The molecule has 0 radical (unpaired) electrons. The van der Waals surface area contributed by atoms with Gasteiger partial charge in [-0.3, -0.25) is 0 Å². The first kappa shape index (κ1) is 13.9. The first-order valence-electron chi connectivity index (χ1n) is 8.21. The lowest BCUT2D eigenvalue weighted by molar-refractivity contribution is 0.239. The highest BCUT2D eigenvalue weighted by atomic mass is 19.1. The van der Waals surface area contributed by atoms with E-state index in [1.165, 1.54) is 17.8 Å². The monoisotopic (exact) mass is 299 g/mol. The van der Waals surface area contributed by atoms with Crippen LogP contribution in [0.2, 0.25) is 0 Å². The van der Waals surface area contributed by atoms with Gasteiger partial charge in [-0.15, -0.1) is 0 Å². The number of imidazole rings is 1. The molecule has 1 saturated carbocycles. The van der Waals surface area contributed by atoms with Crippen molar-refractivity contribution in [3.63, 3.8) is 0 Å². The summed E-state index contributed by atoms with van der Waals surface area (Å²) in [4.78, 5) is 4.56. The minimum Gasteiger partial charge on any atom is -0.333 e. The molecule has 2 aromatic rings. The zero-order valence-corrected chi connectivity index (χ0v) is 12.9. The summed E-state index contributed by atoms with van der Waals surface area (Å²) in [5.74, 6) is 1.67. The first-order valence-corrected chi connectivity index (χ1v) is 8.21. The largest absolute Gasteiger partial charge is 0.333 e. The molecule has 1 unspecified atom stereocenters. The summed E-state index contributed by atoms with van der Waals surface area (Å²) in [7, 11) is 0. The zero-order valence-electron chi connectivity index (χ0n) is 12.9. The van der Waals surface area contributed by atoms with Gasteiger partial charge in [0.2, 0.25) is 0 Å². The topological polar surface area (TPSA) is 29.9 Å². The van der Waals surface area contributed by atoms with Crippen LogP contribution in [-0.4, -0.2) is 21.6 Å². The van der Waals surface area contributed by atoms with Crippen LogP contribution < -0.4 is 5.32 Å². The van der Waals surface area contributed by atoms with Gasteiger partial charge in [0.05, 0.1) is 5.69 Å². The SMILES string of the molecule is Cc1cn2c(n1)CCC(NC1CC(c3ccc(F)cc3)C1)C2. The summed E-state index contributed by atoms with van der Waals surface area (Å²) in [5, 5.41) is 3.79. The number of rotatable bonds is 3. The summed E-state index contributed by atoms with van der Waals surface area (Å²) in [6.07, 6.45) is 6.73. The Hall–Kier alpha value is -1.68. The van der Waals surface area contributed by atoms with Crippen molar-refractivity contribution in [2.45, 2.75) is 57.2 Å². The van der Waals surface area contributed by atoms with Crippen LogP contribution in [0.15, 0.2) is 30.5 Å². The molecule has 0 saturated heterocycles. The molecule has 4 heteroatoms. The molecular formula is C18H22FN3. The fourth-order valence-electron chi connectivity index (χ4n) is 3.82. The van der Waals surface area contributed by atoms with E-state index in [9.17, 15) is 4.39 Å². The lowest BCUT2D eigenvalue weighted by atomic mass is 9.75. The summed E-state index contributed by atoms with van der Waals surface area (Å²) < 4.78 is 15.3. The van der Waals surface area contributed by atoms with Crippen LogP contribution in [0.4, 0.5) is 4.39 Å². The van der Waals surface area contributed by atoms with E-state index in [-0.39, 0.29) is 5.82 Å². The van der Waals surface area contributed by atoms with E-state index in [0.717, 1.165) is 31.5 Å². The maximum Gasteiger partial charge on any atom is 0.123 e. The van der Waals surface area contributed by atoms with Crippen molar-refractivity contribution >= 4 is 0 Å². The summed E-state index contributed by atoms with van der Waals surface area (Å²) in [5.41, 5.74) is 2.39. The van der Waals surface area contributed by atoms with E-state index in [4.69, 9.17) is 0 Å². The fourth-order valence-corrected chi connectivity index (χ4v) is 3.82. The summed E-state index contributed by atoms with van der Waals surface area (Å²) >= 11 is 0. The van der Waals surface area contributed by atoms with Crippen LogP contribution >= 0.6 is 0 Å². The molecule has 1 aromatic heterocycles. The van der Waals surface area contributed by atoms with Crippen LogP contribution in [0, 0.1) is 12.7 Å². The molecule has 1 atom stereocenters. The van der Waals surface area contributed by atoms with Gasteiger partial charge in [0.25, 0.3) is 0 Å². The summed E-state index contributed by atoms with van der Waals surface area (Å²) in [6.45, 7) is 3.10. The van der Waals surface area contributed by atoms with E-state index in [2.05, 4.69) is 28.0 Å². The van der Waals surface area contributed by atoms with Crippen molar-refractivity contribution in [2.24, 2.45) is 0 Å². The zero-order chi connectivity index (χ0) is 15.1. The van der Waals surface area contributed by atoms with Crippen molar-refractivity contribution < 1.29 is 4.39 Å². The highest BCUT2D eigenvalue weighted by Crippen LogP contribution is 2.37. The number of halogens is 1. The van der Waals surface area contributed by atoms with Gasteiger partial charge in [0.1, 0.15) is 11.6 Å². The van der Waals surface area contributed by atoms with Gasteiger partial charge in [0, 0.05) is 31.2 Å². The predicted octanol–water partition coefficient (Wildman–Crippen LogP) is 3.18. The Morgan fingerprint density at radius 3 is 2.73 bits per heavy atom. The third-order valence-corrected chi connectivity index (χ3v) is 5.06. The maximum atomic E-state index is 13.0. The molecule has 1 aromatic carbocycles. The fraction of sp³-hybridized carbons (Fsp3) is 0.500. The molecule has 1 fully saturated rings. The van der Waals surface area contributed by atoms with Crippen molar-refractivity contribution in [3.05, 3.63) is 53.4 Å². The van der Waals surface area contributed by atoms with Gasteiger partial charge in [-0.05, 0) is 49.8 Å².